The first kappa shape index (κ1) is 21.8. The number of aromatic nitrogens is 1. The zero-order valence-corrected chi connectivity index (χ0v) is 16.5. The Morgan fingerprint density at radius 1 is 1.28 bits per heavy atom. The van der Waals surface area contributed by atoms with Crippen LogP contribution in [-0.2, 0) is 5.34 Å². The van der Waals surface area contributed by atoms with Gasteiger partial charge in [0.25, 0.3) is 5.91 Å². The van der Waals surface area contributed by atoms with Gasteiger partial charge in [-0.25, -0.2) is 4.98 Å². The molecule has 1 amide bonds. The summed E-state index contributed by atoms with van der Waals surface area (Å²) in [4.78, 5) is 20.4. The van der Waals surface area contributed by atoms with Gasteiger partial charge in [0.05, 0.1) is 15.7 Å². The molecule has 0 atom stereocenters. The summed E-state index contributed by atoms with van der Waals surface area (Å²) in [5, 5.41) is -1.14. The molecule has 1 aromatic rings. The van der Waals surface area contributed by atoms with Crippen molar-refractivity contribution in [1.29, 1.82) is 0 Å². The molecule has 0 aliphatic carbocycles. The fourth-order valence-corrected chi connectivity index (χ4v) is 2.99. The first-order chi connectivity index (χ1) is 11.9. The van der Waals surface area contributed by atoms with Gasteiger partial charge in [0.1, 0.15) is 5.69 Å². The number of carbonyl (C=O) groups is 1. The van der Waals surface area contributed by atoms with Gasteiger partial charge in [-0.1, -0.05) is 33.3 Å². The van der Waals surface area contributed by atoms with Gasteiger partial charge in [-0.05, 0) is 56.2 Å². The molecule has 1 saturated heterocycles. The highest BCUT2D eigenvalue weighted by Crippen LogP contribution is 2.28. The average molecular weight is 339 g/mol. The van der Waals surface area contributed by atoms with Crippen LogP contribution in [0.5, 0.6) is 0 Å². The molecule has 25 heavy (non-hydrogen) atoms. The third-order valence-corrected chi connectivity index (χ3v) is 4.91. The molecule has 1 fully saturated rings. The number of pyridine rings is 1. The predicted octanol–water partition coefficient (Wildman–Crippen LogP) is 2.77. The van der Waals surface area contributed by atoms with Gasteiger partial charge >= 0.3 is 0 Å². The second-order valence-corrected chi connectivity index (χ2v) is 6.39. The highest BCUT2D eigenvalue weighted by molar-refractivity contribution is 6.39. The van der Waals surface area contributed by atoms with Crippen molar-refractivity contribution in [3.8, 4) is 0 Å². The molecule has 1 aliphatic heterocycles. The molecule has 0 bridgehead atoms. The zero-order chi connectivity index (χ0) is 19.0. The van der Waals surface area contributed by atoms with E-state index in [0.717, 1.165) is 31.8 Å². The van der Waals surface area contributed by atoms with Crippen LogP contribution in [0.2, 0.25) is 0 Å². The van der Waals surface area contributed by atoms with Crippen molar-refractivity contribution in [2.75, 3.05) is 26.7 Å². The molecule has 0 aromatic carbocycles. The molecule has 1 aromatic heterocycles. The molecular formula is C19H31B2N3O. The summed E-state index contributed by atoms with van der Waals surface area (Å²) in [6, 6.07) is 5.30. The quantitative estimate of drug-likeness (QED) is 0.774. The Morgan fingerprint density at radius 2 is 1.88 bits per heavy atom. The van der Waals surface area contributed by atoms with Gasteiger partial charge in [-0.3, -0.25) is 4.79 Å². The maximum absolute atomic E-state index is 12.3. The van der Waals surface area contributed by atoms with Crippen molar-refractivity contribution in [3.05, 3.63) is 29.6 Å². The van der Waals surface area contributed by atoms with Crippen LogP contribution in [0.25, 0.3) is 0 Å². The molecule has 4 radical (unpaired) electrons. The van der Waals surface area contributed by atoms with E-state index in [1.54, 1.807) is 30.1 Å². The molecule has 6 heteroatoms. The molecular weight excluding hydrogens is 308 g/mol. The summed E-state index contributed by atoms with van der Waals surface area (Å²) in [7, 11) is 14.5. The van der Waals surface area contributed by atoms with Gasteiger partial charge in [0.15, 0.2) is 0 Å². The maximum Gasteiger partial charge on any atom is 0.272 e. The average Bonchev–Trinajstić information content (AvgIpc) is 2.68. The summed E-state index contributed by atoms with van der Waals surface area (Å²) < 4.78 is 0. The number of rotatable bonds is 5. The van der Waals surface area contributed by atoms with Crippen LogP contribution in [0.3, 0.4) is 0 Å². The summed E-state index contributed by atoms with van der Waals surface area (Å²) in [6.07, 6.45) is 3.40. The molecule has 134 valence electrons. The van der Waals surface area contributed by atoms with Gasteiger partial charge < -0.3 is 9.80 Å². The van der Waals surface area contributed by atoms with E-state index < -0.39 is 5.34 Å². The second kappa shape index (κ2) is 10.0. The second-order valence-electron chi connectivity index (χ2n) is 6.39. The molecule has 0 spiro atoms. The first-order valence-corrected chi connectivity index (χ1v) is 9.45. The number of amides is 1. The molecule has 2 heterocycles. The Balaban J connectivity index is 0.00000151. The van der Waals surface area contributed by atoms with Crippen LogP contribution in [0, 0.1) is 5.92 Å². The van der Waals surface area contributed by atoms with Crippen LogP contribution in [-0.4, -0.2) is 63.1 Å². The topological polar surface area (TPSA) is 36.4 Å². The van der Waals surface area contributed by atoms with E-state index in [-0.39, 0.29) is 5.91 Å². The van der Waals surface area contributed by atoms with Crippen LogP contribution in [0.15, 0.2) is 18.2 Å². The largest absolute Gasteiger partial charge is 0.341 e. The van der Waals surface area contributed by atoms with Crippen LogP contribution < -0.4 is 0 Å². The van der Waals surface area contributed by atoms with E-state index in [2.05, 4.69) is 16.8 Å². The van der Waals surface area contributed by atoms with Gasteiger partial charge in [0, 0.05) is 19.3 Å². The smallest absolute Gasteiger partial charge is 0.272 e. The Kier molecular flexibility index (Phi) is 8.70. The van der Waals surface area contributed by atoms with Crippen LogP contribution in [0.1, 0.15) is 63.1 Å². The summed E-state index contributed by atoms with van der Waals surface area (Å²) in [6.45, 7) is 10.5. The lowest BCUT2D eigenvalue weighted by Crippen LogP contribution is -2.51. The number of hydrogen-bond donors (Lipinski definition) is 0. The molecule has 4 nitrogen and oxygen atoms in total. The lowest BCUT2D eigenvalue weighted by molar-refractivity contribution is 0.0795. The molecule has 0 saturated carbocycles. The van der Waals surface area contributed by atoms with Crippen molar-refractivity contribution < 1.29 is 4.79 Å². The number of hydrogen-bond acceptors (Lipinski definition) is 3. The SMILES string of the molecule is CC.[B]C([B])(c1cccc(C(=O)N(C)CC)n1)N1CCC(CC)CC1. The molecule has 2 rings (SSSR count). The zero-order valence-electron chi connectivity index (χ0n) is 16.5. The Bertz CT molecular complexity index is 543. The Morgan fingerprint density at radius 3 is 2.40 bits per heavy atom. The standard InChI is InChI=1S/C17H25B2N3O.C2H6/c1-4-13-9-11-22(12-10-13)17(18,19)15-8-6-7-14(20-15)16(23)21(3)5-2;1-2/h6-8,13H,4-5,9-12H2,1-3H3;1-2H3. The van der Waals surface area contributed by atoms with Crippen LogP contribution >= 0.6 is 0 Å². The maximum atomic E-state index is 12.3. The van der Waals surface area contributed by atoms with Gasteiger partial charge in [-0.15, -0.1) is 0 Å². The normalized spacial score (nSPS) is 16.0. The van der Waals surface area contributed by atoms with Gasteiger partial charge in [-0.2, -0.15) is 0 Å². The molecule has 1 aliphatic rings. The van der Waals surface area contributed by atoms with Crippen molar-refractivity contribution in [1.82, 2.24) is 14.8 Å². The lowest BCUT2D eigenvalue weighted by Gasteiger charge is -2.43. The van der Waals surface area contributed by atoms with E-state index in [1.165, 1.54) is 6.42 Å². The lowest BCUT2D eigenvalue weighted by atomic mass is 9.58. The van der Waals surface area contributed by atoms with Crippen molar-refractivity contribution in [3.63, 3.8) is 0 Å². The number of nitrogens with zero attached hydrogens (tertiary/aromatic N) is 3. The minimum Gasteiger partial charge on any atom is -0.341 e. The van der Waals surface area contributed by atoms with Crippen molar-refractivity contribution in [2.24, 2.45) is 5.92 Å². The first-order valence-electron chi connectivity index (χ1n) is 9.45. The molecule has 0 N–H and O–H groups in total. The van der Waals surface area contributed by atoms with E-state index in [1.807, 2.05) is 20.8 Å². The van der Waals surface area contributed by atoms with Crippen molar-refractivity contribution >= 4 is 21.6 Å². The number of piperidine rings is 1. The number of carbonyl (C=O) groups excluding carboxylic acids is 1. The summed E-state index contributed by atoms with van der Waals surface area (Å²) >= 11 is 0. The van der Waals surface area contributed by atoms with E-state index in [4.69, 9.17) is 15.7 Å². The minimum atomic E-state index is -1.14. The van der Waals surface area contributed by atoms with E-state index in [9.17, 15) is 4.79 Å². The van der Waals surface area contributed by atoms with E-state index >= 15 is 0 Å². The third kappa shape index (κ3) is 5.34. The highest BCUT2D eigenvalue weighted by atomic mass is 16.2. The fourth-order valence-electron chi connectivity index (χ4n) is 2.99. The third-order valence-electron chi connectivity index (χ3n) is 4.91. The van der Waals surface area contributed by atoms with Crippen LogP contribution in [0.4, 0.5) is 0 Å². The Labute approximate surface area is 156 Å². The van der Waals surface area contributed by atoms with Gasteiger partial charge in [0.2, 0.25) is 0 Å². The predicted molar refractivity (Wildman–Crippen MR) is 106 cm³/mol. The minimum absolute atomic E-state index is 0.116. The summed E-state index contributed by atoms with van der Waals surface area (Å²) in [5.74, 6) is 0.635. The summed E-state index contributed by atoms with van der Waals surface area (Å²) in [5.41, 5.74) is 0.929. The van der Waals surface area contributed by atoms with E-state index in [0.29, 0.717) is 17.9 Å². The number of likely N-dealkylation sites (tertiary alicyclic amines) is 1. The molecule has 0 unspecified atom stereocenters. The highest BCUT2D eigenvalue weighted by Gasteiger charge is 2.32. The van der Waals surface area contributed by atoms with Crippen molar-refractivity contribution in [2.45, 2.75) is 52.3 Å². The monoisotopic (exact) mass is 339 g/mol. The Hall–Kier alpha value is -1.29. The fraction of sp³-hybridized carbons (Fsp3) is 0.684.